The average molecular weight is 1400 g/mol. The van der Waals surface area contributed by atoms with Gasteiger partial charge in [0.25, 0.3) is 0 Å². The van der Waals surface area contributed by atoms with Crippen molar-refractivity contribution in [1.82, 2.24) is 0 Å². The Hall–Kier alpha value is -1.94. The van der Waals surface area contributed by atoms with Crippen LogP contribution in [0.5, 0.6) is 0 Å². The van der Waals surface area contributed by atoms with Crippen molar-refractivity contribution < 1.29 is 80.2 Å². The van der Waals surface area contributed by atoms with Gasteiger partial charge in [0.05, 0.1) is 26.4 Å². The molecule has 0 aromatic carbocycles. The Bertz CT molecular complexity index is 1840. The highest BCUT2D eigenvalue weighted by molar-refractivity contribution is 7.47. The number of rotatable bonds is 75. The maximum absolute atomic E-state index is 13.1. The molecule has 3 N–H and O–H groups in total. The Balaban J connectivity index is 5.19. The van der Waals surface area contributed by atoms with Crippen molar-refractivity contribution in [3.8, 4) is 0 Å². The van der Waals surface area contributed by atoms with Crippen LogP contribution in [0, 0.1) is 11.8 Å². The molecule has 0 fully saturated rings. The van der Waals surface area contributed by atoms with Crippen molar-refractivity contribution in [3.63, 3.8) is 0 Å². The van der Waals surface area contributed by atoms with E-state index in [2.05, 4.69) is 41.5 Å². The summed E-state index contributed by atoms with van der Waals surface area (Å²) in [5.41, 5.74) is 0. The lowest BCUT2D eigenvalue weighted by Gasteiger charge is -2.21. The zero-order valence-corrected chi connectivity index (χ0v) is 63.8. The molecule has 0 aliphatic heterocycles. The van der Waals surface area contributed by atoms with Gasteiger partial charge in [-0.2, -0.15) is 0 Å². The second-order valence-corrected chi connectivity index (χ2v) is 31.0. The van der Waals surface area contributed by atoms with Crippen LogP contribution >= 0.6 is 15.6 Å². The molecule has 0 aromatic rings. The third-order valence-electron chi connectivity index (χ3n) is 18.1. The Morgan fingerprint density at radius 1 is 0.305 bits per heavy atom. The number of unbranched alkanes of at least 4 members (excludes halogenated alkanes) is 44. The largest absolute Gasteiger partial charge is 0.472 e. The van der Waals surface area contributed by atoms with Crippen molar-refractivity contribution in [2.45, 2.75) is 413 Å². The molecule has 0 bridgehead atoms. The van der Waals surface area contributed by atoms with Gasteiger partial charge >= 0.3 is 39.5 Å². The van der Waals surface area contributed by atoms with E-state index in [9.17, 15) is 43.2 Å². The van der Waals surface area contributed by atoms with Crippen molar-refractivity contribution in [2.24, 2.45) is 11.8 Å². The number of aliphatic hydroxyl groups excluding tert-OH is 1. The molecule has 0 amide bonds. The molecule has 95 heavy (non-hydrogen) atoms. The molecule has 0 radical (unpaired) electrons. The minimum atomic E-state index is -4.96. The predicted octanol–water partition coefficient (Wildman–Crippen LogP) is 22.3. The number of phosphoric acid groups is 2. The summed E-state index contributed by atoms with van der Waals surface area (Å²) in [4.78, 5) is 72.7. The fourth-order valence-electron chi connectivity index (χ4n) is 11.6. The van der Waals surface area contributed by atoms with E-state index in [1.807, 2.05) is 0 Å². The number of esters is 4. The first-order chi connectivity index (χ1) is 45.9. The minimum Gasteiger partial charge on any atom is -0.462 e. The fourth-order valence-corrected chi connectivity index (χ4v) is 13.2. The average Bonchev–Trinajstić information content (AvgIpc) is 3.35. The summed E-state index contributed by atoms with van der Waals surface area (Å²) in [6.45, 7) is 9.54. The van der Waals surface area contributed by atoms with Crippen LogP contribution in [0.3, 0.4) is 0 Å². The van der Waals surface area contributed by atoms with E-state index >= 15 is 0 Å². The lowest BCUT2D eigenvalue weighted by molar-refractivity contribution is -0.161. The molecule has 0 aliphatic carbocycles. The quantitative estimate of drug-likeness (QED) is 0.0222. The van der Waals surface area contributed by atoms with Gasteiger partial charge in [-0.3, -0.25) is 37.3 Å². The second kappa shape index (κ2) is 67.9. The fraction of sp³-hybridized carbons (Fsp3) is 0.947. The Morgan fingerprint density at radius 3 is 0.800 bits per heavy atom. The van der Waals surface area contributed by atoms with Gasteiger partial charge in [0.15, 0.2) is 12.2 Å². The topological polar surface area (TPSA) is 237 Å². The lowest BCUT2D eigenvalue weighted by atomic mass is 9.99. The van der Waals surface area contributed by atoms with E-state index in [1.165, 1.54) is 205 Å². The highest BCUT2D eigenvalue weighted by Crippen LogP contribution is 2.45. The number of hydrogen-bond donors (Lipinski definition) is 3. The van der Waals surface area contributed by atoms with Crippen LogP contribution < -0.4 is 0 Å². The normalized spacial score (nSPS) is 14.3. The highest BCUT2D eigenvalue weighted by atomic mass is 31.2. The van der Waals surface area contributed by atoms with E-state index in [1.54, 1.807) is 0 Å². The number of hydrogen-bond acceptors (Lipinski definition) is 15. The number of carbonyl (C=O) groups excluding carboxylic acids is 4. The molecular weight excluding hydrogens is 1250 g/mol. The predicted molar refractivity (Wildman–Crippen MR) is 386 cm³/mol. The van der Waals surface area contributed by atoms with Crippen molar-refractivity contribution >= 4 is 39.5 Å². The molecule has 0 rings (SSSR count). The third kappa shape index (κ3) is 69.0. The monoisotopic (exact) mass is 1400 g/mol. The van der Waals surface area contributed by atoms with E-state index in [-0.39, 0.29) is 25.7 Å². The van der Waals surface area contributed by atoms with Crippen molar-refractivity contribution in [1.29, 1.82) is 0 Å². The molecule has 564 valence electrons. The first-order valence-corrected chi connectivity index (χ1v) is 42.5. The SMILES string of the molecule is CCCCCCCCCCCCCCCCCCCCCCCC(=O)O[C@H](COC(=O)CCCCCCCCCCC(C)CC)COP(=O)(O)OC[C@@H](O)COP(=O)(O)OC[C@@H](COC(=O)CCCCCCCCCC(C)C)OC(=O)CCCCCCCCCCCCCC. The van der Waals surface area contributed by atoms with Crippen LogP contribution in [0.2, 0.25) is 0 Å². The smallest absolute Gasteiger partial charge is 0.462 e. The van der Waals surface area contributed by atoms with Crippen LogP contribution in [-0.2, 0) is 65.4 Å². The zero-order valence-electron chi connectivity index (χ0n) is 62.0. The lowest BCUT2D eigenvalue weighted by Crippen LogP contribution is -2.30. The van der Waals surface area contributed by atoms with E-state index < -0.39 is 97.5 Å². The number of carbonyl (C=O) groups is 4. The van der Waals surface area contributed by atoms with Gasteiger partial charge in [-0.05, 0) is 37.5 Å². The molecule has 0 heterocycles. The zero-order chi connectivity index (χ0) is 70.0. The summed E-state index contributed by atoms with van der Waals surface area (Å²) in [6.07, 6.45) is 55.6. The minimum absolute atomic E-state index is 0.107. The molecule has 0 spiro atoms. The van der Waals surface area contributed by atoms with Gasteiger partial charge in [-0.1, -0.05) is 343 Å². The van der Waals surface area contributed by atoms with Gasteiger partial charge in [0.2, 0.25) is 0 Å². The Morgan fingerprint density at radius 2 is 0.537 bits per heavy atom. The first-order valence-electron chi connectivity index (χ1n) is 39.5. The summed E-state index contributed by atoms with van der Waals surface area (Å²) in [6, 6.07) is 0. The second-order valence-electron chi connectivity index (χ2n) is 28.1. The van der Waals surface area contributed by atoms with Gasteiger partial charge in [0.1, 0.15) is 19.3 Å². The number of phosphoric ester groups is 2. The summed E-state index contributed by atoms with van der Waals surface area (Å²) in [5.74, 6) is -0.635. The molecule has 3 unspecified atom stereocenters. The molecule has 19 heteroatoms. The van der Waals surface area contributed by atoms with E-state index in [0.717, 1.165) is 102 Å². The molecule has 0 saturated carbocycles. The van der Waals surface area contributed by atoms with Crippen LogP contribution in [-0.4, -0.2) is 96.7 Å². The van der Waals surface area contributed by atoms with E-state index in [4.69, 9.17) is 37.0 Å². The van der Waals surface area contributed by atoms with Gasteiger partial charge in [-0.15, -0.1) is 0 Å². The van der Waals surface area contributed by atoms with Gasteiger partial charge in [0, 0.05) is 25.7 Å². The van der Waals surface area contributed by atoms with Crippen LogP contribution in [0.15, 0.2) is 0 Å². The first kappa shape index (κ1) is 93.1. The molecule has 0 saturated heterocycles. The molecule has 0 aromatic heterocycles. The third-order valence-corrected chi connectivity index (χ3v) is 20.0. The molecule has 6 atom stereocenters. The van der Waals surface area contributed by atoms with Gasteiger partial charge < -0.3 is 33.8 Å². The summed E-state index contributed by atoms with van der Waals surface area (Å²) in [5, 5.41) is 10.6. The van der Waals surface area contributed by atoms with Gasteiger partial charge in [-0.25, -0.2) is 9.13 Å². The number of ether oxygens (including phenoxy) is 4. The summed E-state index contributed by atoms with van der Waals surface area (Å²) < 4.78 is 68.5. The molecular formula is C76H148O17P2. The molecule has 17 nitrogen and oxygen atoms in total. The van der Waals surface area contributed by atoms with Crippen LogP contribution in [0.1, 0.15) is 395 Å². The standard InChI is InChI=1S/C76H148O17P2/c1-7-10-12-14-16-18-20-22-23-24-25-26-27-28-29-30-32-34-42-49-55-61-76(81)92-71(64-86-73(78)58-52-46-40-36-35-39-45-51-57-69(6)9-3)66-90-94(82,83)88-62-70(77)63-89-95(84,85)91-67-72(65-87-74(79)59-53-47-43-37-38-44-50-56-68(4)5)93-75(80)60-54-48-41-33-31-21-19-17-15-13-11-8-2/h68-72,77H,7-67H2,1-6H3,(H,82,83)(H,84,85)/t69?,70-,71-,72-/m1/s1. The van der Waals surface area contributed by atoms with Crippen molar-refractivity contribution in [2.75, 3.05) is 39.6 Å². The summed E-state index contributed by atoms with van der Waals surface area (Å²) in [7, 11) is -9.91. The Kier molecular flexibility index (Phi) is 66.5. The van der Waals surface area contributed by atoms with E-state index in [0.29, 0.717) is 31.6 Å². The number of aliphatic hydroxyl groups is 1. The highest BCUT2D eigenvalue weighted by Gasteiger charge is 2.30. The maximum Gasteiger partial charge on any atom is 0.472 e. The summed E-state index contributed by atoms with van der Waals surface area (Å²) >= 11 is 0. The maximum atomic E-state index is 13.1. The van der Waals surface area contributed by atoms with Crippen molar-refractivity contribution in [3.05, 3.63) is 0 Å². The van der Waals surface area contributed by atoms with Crippen LogP contribution in [0.25, 0.3) is 0 Å². The molecule has 0 aliphatic rings. The Labute approximate surface area is 581 Å². The van der Waals surface area contributed by atoms with Crippen LogP contribution in [0.4, 0.5) is 0 Å².